The molecule has 0 saturated heterocycles. The van der Waals surface area contributed by atoms with Gasteiger partial charge in [-0.3, -0.25) is 48.1 Å². The molecule has 0 bridgehead atoms. The molecular formula is C38H59N11O14. The van der Waals surface area contributed by atoms with Crippen molar-refractivity contribution in [3.63, 3.8) is 0 Å². The van der Waals surface area contributed by atoms with E-state index in [1.165, 1.54) is 6.92 Å². The molecule has 0 aliphatic rings. The minimum absolute atomic E-state index is 0.0767. The van der Waals surface area contributed by atoms with Crippen LogP contribution in [0.1, 0.15) is 64.9 Å². The summed E-state index contributed by atoms with van der Waals surface area (Å²) in [5.74, 6) is -11.3. The third-order valence-electron chi connectivity index (χ3n) is 9.07. The zero-order valence-corrected chi connectivity index (χ0v) is 35.1. The van der Waals surface area contributed by atoms with Gasteiger partial charge < -0.3 is 74.8 Å². The van der Waals surface area contributed by atoms with Gasteiger partial charge in [0.05, 0.1) is 19.2 Å². The molecule has 25 nitrogen and oxygen atoms in total. The first-order chi connectivity index (χ1) is 29.5. The fraction of sp³-hybridized carbons (Fsp3) is 0.553. The number of hydrogen-bond acceptors (Lipinski definition) is 13. The smallest absolute Gasteiger partial charge is 0.326 e. The van der Waals surface area contributed by atoms with Crippen molar-refractivity contribution in [2.45, 2.75) is 108 Å². The fourth-order valence-corrected chi connectivity index (χ4v) is 5.42. The lowest BCUT2D eigenvalue weighted by Crippen LogP contribution is -2.60. The predicted molar refractivity (Wildman–Crippen MR) is 222 cm³/mol. The Morgan fingerprint density at radius 3 is 1.65 bits per heavy atom. The molecule has 0 heterocycles. The van der Waals surface area contributed by atoms with Gasteiger partial charge in [0, 0.05) is 25.8 Å². The number of carboxylic acid groups (broad SMARTS) is 3. The number of carbonyl (C=O) groups excluding carboxylic acids is 7. The van der Waals surface area contributed by atoms with Crippen LogP contribution in [0.25, 0.3) is 0 Å². The standard InChI is InChI=1S/C38H59N11O14/c1-19(2)30(39)36(61)46-22(10-7-15-42-38(40)41)32(57)43-17-27(51)44-20(3)31(56)48-25(16-21-8-5-4-6-9-21)34(59)49-26(18-50)35(60)45-23(11-13-28(52)53)33(58)47-24(37(62)63)12-14-29(54)55/h4-6,8-9,19-20,22-26,30,50H,7,10-18,39H2,1-3H3,(H,43,57)(H,44,51)(H,45,60)(H,46,61)(H,47,58)(H,48,56)(H,49,59)(H,52,53)(H,54,55)(H,62,63)(H4,40,41,42)/t20-,22-,23-,24-,25-,26-,30-/m0/s1. The van der Waals surface area contributed by atoms with E-state index in [0.717, 1.165) is 0 Å². The molecule has 1 rings (SSSR count). The van der Waals surface area contributed by atoms with Crippen LogP contribution in [0.2, 0.25) is 0 Å². The van der Waals surface area contributed by atoms with E-state index in [1.807, 2.05) is 5.32 Å². The number of guanidine groups is 1. The first kappa shape index (κ1) is 54.1. The summed E-state index contributed by atoms with van der Waals surface area (Å²) < 4.78 is 0. The Morgan fingerprint density at radius 2 is 1.11 bits per heavy atom. The van der Waals surface area contributed by atoms with E-state index in [-0.39, 0.29) is 37.7 Å². The number of amides is 7. The summed E-state index contributed by atoms with van der Waals surface area (Å²) >= 11 is 0. The van der Waals surface area contributed by atoms with Crippen LogP contribution < -0.4 is 54.4 Å². The number of carbonyl (C=O) groups is 10. The Balaban J connectivity index is 3.12. The first-order valence-corrected chi connectivity index (χ1v) is 19.8. The molecule has 1 aromatic carbocycles. The second-order valence-electron chi connectivity index (χ2n) is 14.6. The van der Waals surface area contributed by atoms with E-state index in [4.69, 9.17) is 22.3 Å². The lowest BCUT2D eigenvalue weighted by molar-refractivity contribution is -0.144. The van der Waals surface area contributed by atoms with Crippen molar-refractivity contribution >= 4 is 65.2 Å². The van der Waals surface area contributed by atoms with Crippen molar-refractivity contribution in [2.75, 3.05) is 19.7 Å². The molecule has 17 N–H and O–H groups in total. The van der Waals surface area contributed by atoms with E-state index >= 15 is 0 Å². The van der Waals surface area contributed by atoms with Gasteiger partial charge in [-0.05, 0) is 44.1 Å². The van der Waals surface area contributed by atoms with Crippen molar-refractivity contribution < 1.29 is 68.4 Å². The summed E-state index contributed by atoms with van der Waals surface area (Å²) in [4.78, 5) is 129. The molecular weight excluding hydrogens is 834 g/mol. The Morgan fingerprint density at radius 1 is 0.619 bits per heavy atom. The van der Waals surface area contributed by atoms with E-state index in [0.29, 0.717) is 5.56 Å². The quantitative estimate of drug-likeness (QED) is 0.0204. The number of nitrogens with zero attached hydrogens (tertiary/aromatic N) is 1. The maximum atomic E-state index is 13.6. The van der Waals surface area contributed by atoms with E-state index < -0.39 is 140 Å². The molecule has 25 heteroatoms. The van der Waals surface area contributed by atoms with Crippen LogP contribution in [0.5, 0.6) is 0 Å². The maximum Gasteiger partial charge on any atom is 0.326 e. The monoisotopic (exact) mass is 893 g/mol. The van der Waals surface area contributed by atoms with Crippen LogP contribution in [0.4, 0.5) is 0 Å². The molecule has 0 aromatic heterocycles. The number of nitrogens with one attached hydrogen (secondary N) is 7. The van der Waals surface area contributed by atoms with E-state index in [1.54, 1.807) is 44.2 Å². The number of aliphatic carboxylic acids is 3. The van der Waals surface area contributed by atoms with Gasteiger partial charge >= 0.3 is 17.9 Å². The highest BCUT2D eigenvalue weighted by Crippen LogP contribution is 2.08. The summed E-state index contributed by atoms with van der Waals surface area (Å²) in [5, 5.41) is 53.8. The fourth-order valence-electron chi connectivity index (χ4n) is 5.42. The first-order valence-electron chi connectivity index (χ1n) is 19.8. The minimum atomic E-state index is -1.81. The second kappa shape index (κ2) is 27.9. The number of aliphatic imine (C=N–C) groups is 1. The molecule has 1 aromatic rings. The van der Waals surface area contributed by atoms with Gasteiger partial charge in [-0.25, -0.2) is 4.79 Å². The largest absolute Gasteiger partial charge is 0.481 e. The summed E-state index contributed by atoms with van der Waals surface area (Å²) in [6.45, 7) is 3.14. The lowest BCUT2D eigenvalue weighted by Gasteiger charge is -2.26. The van der Waals surface area contributed by atoms with Crippen molar-refractivity contribution in [2.24, 2.45) is 28.1 Å². The van der Waals surface area contributed by atoms with E-state index in [9.17, 15) is 63.3 Å². The Kier molecular flexibility index (Phi) is 23.9. The minimum Gasteiger partial charge on any atom is -0.481 e. The molecule has 7 atom stereocenters. The molecule has 0 radical (unpaired) electrons. The SMILES string of the molecule is CC(C)[C@H](N)C(=O)N[C@@H](CCCN=C(N)N)C(=O)NCC(=O)N[C@@H](C)C(=O)N[C@@H](Cc1ccccc1)C(=O)N[C@@H](CO)C(=O)N[C@@H](CCC(=O)O)C(=O)N[C@@H](CCC(=O)O)C(=O)O. The predicted octanol–water partition coefficient (Wildman–Crippen LogP) is -4.88. The molecule has 0 aliphatic carbocycles. The number of aliphatic hydroxyl groups is 1. The summed E-state index contributed by atoms with van der Waals surface area (Å²) in [5.41, 5.74) is 17.1. The van der Waals surface area contributed by atoms with Gasteiger partial charge in [0.2, 0.25) is 41.4 Å². The average molecular weight is 894 g/mol. The topological polar surface area (TPSA) is 426 Å². The van der Waals surface area contributed by atoms with Gasteiger partial charge in [0.25, 0.3) is 0 Å². The summed E-state index contributed by atoms with van der Waals surface area (Å²) in [6, 6.07) is -1.87. The van der Waals surface area contributed by atoms with Gasteiger partial charge in [-0.15, -0.1) is 0 Å². The Bertz CT molecular complexity index is 1790. The van der Waals surface area contributed by atoms with Crippen molar-refractivity contribution in [1.82, 2.24) is 37.2 Å². The normalized spacial score (nSPS) is 14.1. The average Bonchev–Trinajstić information content (AvgIpc) is 3.21. The molecule has 0 saturated carbocycles. The third kappa shape index (κ3) is 21.5. The van der Waals surface area contributed by atoms with Gasteiger partial charge in [-0.2, -0.15) is 0 Å². The second-order valence-corrected chi connectivity index (χ2v) is 14.6. The molecule has 7 amide bonds. The van der Waals surface area contributed by atoms with Crippen molar-refractivity contribution in [1.29, 1.82) is 0 Å². The highest BCUT2D eigenvalue weighted by molar-refractivity contribution is 5.97. The Hall–Kier alpha value is -6.89. The van der Waals surface area contributed by atoms with Crippen LogP contribution in [0.3, 0.4) is 0 Å². The molecule has 0 unspecified atom stereocenters. The zero-order valence-electron chi connectivity index (χ0n) is 35.1. The highest BCUT2D eigenvalue weighted by Gasteiger charge is 2.33. The van der Waals surface area contributed by atoms with Gasteiger partial charge in [0.15, 0.2) is 5.96 Å². The lowest BCUT2D eigenvalue weighted by atomic mass is 10.0. The molecule has 0 fully saturated rings. The van der Waals surface area contributed by atoms with Crippen LogP contribution in [0.15, 0.2) is 35.3 Å². The summed E-state index contributed by atoms with van der Waals surface area (Å²) in [7, 11) is 0. The van der Waals surface area contributed by atoms with Crippen LogP contribution in [-0.4, -0.2) is 148 Å². The van der Waals surface area contributed by atoms with E-state index in [2.05, 4.69) is 36.9 Å². The van der Waals surface area contributed by atoms with Gasteiger partial charge in [-0.1, -0.05) is 44.2 Å². The van der Waals surface area contributed by atoms with Crippen LogP contribution in [0, 0.1) is 5.92 Å². The number of carboxylic acids is 3. The molecule has 0 spiro atoms. The molecule has 350 valence electrons. The molecule has 63 heavy (non-hydrogen) atoms. The zero-order chi connectivity index (χ0) is 47.8. The Labute approximate surface area is 362 Å². The maximum absolute atomic E-state index is 13.6. The van der Waals surface area contributed by atoms with Crippen molar-refractivity contribution in [3.05, 3.63) is 35.9 Å². The van der Waals surface area contributed by atoms with Crippen molar-refractivity contribution in [3.8, 4) is 0 Å². The number of benzene rings is 1. The number of nitrogens with two attached hydrogens (primary N) is 3. The van der Waals surface area contributed by atoms with Crippen LogP contribution in [-0.2, 0) is 54.4 Å². The van der Waals surface area contributed by atoms with Gasteiger partial charge in [0.1, 0.15) is 36.3 Å². The number of aliphatic hydroxyl groups excluding tert-OH is 1. The molecule has 0 aliphatic heterocycles. The number of hydrogen-bond donors (Lipinski definition) is 14. The number of rotatable bonds is 29. The third-order valence-corrected chi connectivity index (χ3v) is 9.07. The highest BCUT2D eigenvalue weighted by atomic mass is 16.4. The summed E-state index contributed by atoms with van der Waals surface area (Å²) in [6.07, 6.45) is -2.28. The van der Waals surface area contributed by atoms with Crippen LogP contribution >= 0.6 is 0 Å².